The van der Waals surface area contributed by atoms with Crippen molar-refractivity contribution in [2.24, 2.45) is 0 Å². The molecule has 1 aliphatic heterocycles. The Labute approximate surface area is 133 Å². The van der Waals surface area contributed by atoms with Gasteiger partial charge in [0, 0.05) is 26.2 Å². The molecule has 1 saturated heterocycles. The lowest BCUT2D eigenvalue weighted by atomic mass is 10.2. The molecule has 0 radical (unpaired) electrons. The summed E-state index contributed by atoms with van der Waals surface area (Å²) in [6.45, 7) is 2.76. The van der Waals surface area contributed by atoms with E-state index in [2.05, 4.69) is 14.9 Å². The standard InChI is InChI=1S/C17H16N4O2/c22-17(15-6-3-11-23-15)21-9-7-20(8-10-21)16-12-18-13-4-1-2-5-14(13)19-16/h1-6,11-12H,7-10H2. The predicted molar refractivity (Wildman–Crippen MR) is 86.4 cm³/mol. The lowest BCUT2D eigenvalue weighted by Gasteiger charge is -2.34. The van der Waals surface area contributed by atoms with Crippen LogP contribution in [0.5, 0.6) is 0 Å². The minimum Gasteiger partial charge on any atom is -0.459 e. The summed E-state index contributed by atoms with van der Waals surface area (Å²) in [5.74, 6) is 1.19. The van der Waals surface area contributed by atoms with E-state index in [1.807, 2.05) is 29.2 Å². The van der Waals surface area contributed by atoms with Gasteiger partial charge >= 0.3 is 0 Å². The molecule has 0 atom stereocenters. The van der Waals surface area contributed by atoms with Crippen LogP contribution < -0.4 is 4.90 Å². The third-order valence-corrected chi connectivity index (χ3v) is 4.06. The number of aromatic nitrogens is 2. The SMILES string of the molecule is O=C(c1ccco1)N1CCN(c2cnc3ccccc3n2)CC1. The van der Waals surface area contributed by atoms with Gasteiger partial charge in [-0.1, -0.05) is 12.1 Å². The molecule has 6 nitrogen and oxygen atoms in total. The molecule has 116 valence electrons. The summed E-state index contributed by atoms with van der Waals surface area (Å²) in [6.07, 6.45) is 3.32. The van der Waals surface area contributed by atoms with E-state index in [1.165, 1.54) is 6.26 Å². The summed E-state index contributed by atoms with van der Waals surface area (Å²) in [4.78, 5) is 25.3. The highest BCUT2D eigenvalue weighted by molar-refractivity contribution is 5.91. The van der Waals surface area contributed by atoms with Crippen LogP contribution in [0.25, 0.3) is 11.0 Å². The number of fused-ring (bicyclic) bond motifs is 1. The summed E-state index contributed by atoms with van der Waals surface area (Å²) in [5.41, 5.74) is 1.78. The van der Waals surface area contributed by atoms with Crippen molar-refractivity contribution < 1.29 is 9.21 Å². The molecule has 1 fully saturated rings. The lowest BCUT2D eigenvalue weighted by molar-refractivity contribution is 0.0714. The van der Waals surface area contributed by atoms with Crippen LogP contribution in [0.15, 0.2) is 53.3 Å². The van der Waals surface area contributed by atoms with Crippen molar-refractivity contribution in [1.29, 1.82) is 0 Å². The molecule has 6 heteroatoms. The number of hydrogen-bond acceptors (Lipinski definition) is 5. The van der Waals surface area contributed by atoms with Gasteiger partial charge in [0.2, 0.25) is 0 Å². The van der Waals surface area contributed by atoms with Gasteiger partial charge in [0.25, 0.3) is 5.91 Å². The highest BCUT2D eigenvalue weighted by Gasteiger charge is 2.24. The average molecular weight is 308 g/mol. The fourth-order valence-electron chi connectivity index (χ4n) is 2.79. The maximum atomic E-state index is 12.3. The van der Waals surface area contributed by atoms with Gasteiger partial charge < -0.3 is 14.2 Å². The van der Waals surface area contributed by atoms with Crippen LogP contribution in [0, 0.1) is 0 Å². The van der Waals surface area contributed by atoms with Crippen LogP contribution >= 0.6 is 0 Å². The van der Waals surface area contributed by atoms with Crippen molar-refractivity contribution in [1.82, 2.24) is 14.9 Å². The maximum absolute atomic E-state index is 12.3. The second-order valence-electron chi connectivity index (χ2n) is 5.47. The van der Waals surface area contributed by atoms with E-state index >= 15 is 0 Å². The Hall–Kier alpha value is -2.89. The third kappa shape index (κ3) is 2.63. The number of para-hydroxylation sites is 2. The molecule has 0 N–H and O–H groups in total. The molecular formula is C17H16N4O2. The molecule has 4 rings (SSSR count). The molecule has 0 aliphatic carbocycles. The van der Waals surface area contributed by atoms with Gasteiger partial charge in [-0.05, 0) is 24.3 Å². The number of rotatable bonds is 2. The topological polar surface area (TPSA) is 62.5 Å². The van der Waals surface area contributed by atoms with Crippen LogP contribution in [0.4, 0.5) is 5.82 Å². The van der Waals surface area contributed by atoms with Gasteiger partial charge in [-0.15, -0.1) is 0 Å². The van der Waals surface area contributed by atoms with Crippen molar-refractivity contribution in [3.63, 3.8) is 0 Å². The number of amides is 1. The molecule has 2 aromatic heterocycles. The molecule has 1 aliphatic rings. The van der Waals surface area contributed by atoms with E-state index in [9.17, 15) is 4.79 Å². The number of carbonyl (C=O) groups excluding carboxylic acids is 1. The average Bonchev–Trinajstić information content (AvgIpc) is 3.15. The van der Waals surface area contributed by atoms with Gasteiger partial charge in [0.15, 0.2) is 5.76 Å². The van der Waals surface area contributed by atoms with Crippen LogP contribution in [-0.4, -0.2) is 47.0 Å². The molecule has 0 unspecified atom stereocenters. The first-order valence-corrected chi connectivity index (χ1v) is 7.61. The zero-order valence-electron chi connectivity index (χ0n) is 12.6. The lowest BCUT2D eigenvalue weighted by Crippen LogP contribution is -2.49. The van der Waals surface area contributed by atoms with Gasteiger partial charge in [-0.3, -0.25) is 9.78 Å². The van der Waals surface area contributed by atoms with E-state index in [0.717, 1.165) is 29.9 Å². The molecule has 1 amide bonds. The van der Waals surface area contributed by atoms with Crippen molar-refractivity contribution in [3.8, 4) is 0 Å². The first-order chi connectivity index (χ1) is 11.3. The highest BCUT2D eigenvalue weighted by atomic mass is 16.3. The largest absolute Gasteiger partial charge is 0.459 e. The number of carbonyl (C=O) groups is 1. The van der Waals surface area contributed by atoms with Crippen molar-refractivity contribution in [2.45, 2.75) is 0 Å². The summed E-state index contributed by atoms with van der Waals surface area (Å²) in [5, 5.41) is 0. The van der Waals surface area contributed by atoms with Crippen molar-refractivity contribution in [2.75, 3.05) is 31.1 Å². The first kappa shape index (κ1) is 13.8. The van der Waals surface area contributed by atoms with Crippen LogP contribution in [-0.2, 0) is 0 Å². The van der Waals surface area contributed by atoms with Gasteiger partial charge in [-0.2, -0.15) is 0 Å². The van der Waals surface area contributed by atoms with Crippen LogP contribution in [0.3, 0.4) is 0 Å². The zero-order chi connectivity index (χ0) is 15.6. The van der Waals surface area contributed by atoms with Gasteiger partial charge in [0.05, 0.1) is 23.5 Å². The zero-order valence-corrected chi connectivity index (χ0v) is 12.6. The fourth-order valence-corrected chi connectivity index (χ4v) is 2.79. The van der Waals surface area contributed by atoms with E-state index in [1.54, 1.807) is 18.3 Å². The van der Waals surface area contributed by atoms with E-state index in [0.29, 0.717) is 18.8 Å². The van der Waals surface area contributed by atoms with Gasteiger partial charge in [0.1, 0.15) is 5.82 Å². The molecule has 23 heavy (non-hydrogen) atoms. The number of piperazine rings is 1. The highest BCUT2D eigenvalue weighted by Crippen LogP contribution is 2.17. The molecular weight excluding hydrogens is 292 g/mol. The quantitative estimate of drug-likeness (QED) is 0.726. The first-order valence-electron chi connectivity index (χ1n) is 7.61. The summed E-state index contributed by atoms with van der Waals surface area (Å²) in [6, 6.07) is 11.3. The Morgan fingerprint density at radius 1 is 1.00 bits per heavy atom. The third-order valence-electron chi connectivity index (χ3n) is 4.06. The molecule has 3 heterocycles. The molecule has 0 saturated carbocycles. The second kappa shape index (κ2) is 5.72. The number of anilines is 1. The molecule has 3 aromatic rings. The van der Waals surface area contributed by atoms with E-state index in [-0.39, 0.29) is 5.91 Å². The van der Waals surface area contributed by atoms with Crippen molar-refractivity contribution >= 4 is 22.8 Å². The molecule has 0 spiro atoms. The molecule has 1 aromatic carbocycles. The van der Waals surface area contributed by atoms with E-state index < -0.39 is 0 Å². The Balaban J connectivity index is 1.47. The minimum atomic E-state index is -0.0563. The maximum Gasteiger partial charge on any atom is 0.289 e. The van der Waals surface area contributed by atoms with Crippen LogP contribution in [0.2, 0.25) is 0 Å². The monoisotopic (exact) mass is 308 g/mol. The second-order valence-corrected chi connectivity index (χ2v) is 5.47. The smallest absolute Gasteiger partial charge is 0.289 e. The summed E-state index contributed by atoms with van der Waals surface area (Å²) in [7, 11) is 0. The number of furan rings is 1. The minimum absolute atomic E-state index is 0.0563. The Kier molecular flexibility index (Phi) is 3.42. The Bertz CT molecular complexity index is 823. The predicted octanol–water partition coefficient (Wildman–Crippen LogP) is 2.19. The summed E-state index contributed by atoms with van der Waals surface area (Å²) >= 11 is 0. The Morgan fingerprint density at radius 2 is 1.78 bits per heavy atom. The number of hydrogen-bond donors (Lipinski definition) is 0. The van der Waals surface area contributed by atoms with Crippen LogP contribution in [0.1, 0.15) is 10.6 Å². The summed E-state index contributed by atoms with van der Waals surface area (Å²) < 4.78 is 5.18. The van der Waals surface area contributed by atoms with Gasteiger partial charge in [-0.25, -0.2) is 4.98 Å². The number of nitrogens with zero attached hydrogens (tertiary/aromatic N) is 4. The fraction of sp³-hybridized carbons (Fsp3) is 0.235. The number of benzene rings is 1. The Morgan fingerprint density at radius 3 is 2.52 bits per heavy atom. The molecule has 0 bridgehead atoms. The normalized spacial score (nSPS) is 15.1. The van der Waals surface area contributed by atoms with E-state index in [4.69, 9.17) is 4.42 Å². The van der Waals surface area contributed by atoms with Crippen molar-refractivity contribution in [3.05, 3.63) is 54.6 Å².